The van der Waals surface area contributed by atoms with Crippen LogP contribution < -0.4 is 5.73 Å². The number of amides is 1. The molecule has 1 heterocycles. The fraction of sp³-hybridized carbons (Fsp3) is 0.909. The number of carbonyl (C=O) groups is 1. The lowest BCUT2D eigenvalue weighted by atomic mass is 10.0. The molecule has 1 aliphatic heterocycles. The second kappa shape index (κ2) is 3.54. The third-order valence-electron chi connectivity index (χ3n) is 3.60. The molecule has 3 nitrogen and oxygen atoms in total. The van der Waals surface area contributed by atoms with E-state index in [0.29, 0.717) is 5.41 Å². The molecular formula is C11H20N2O. The molecular weight excluding hydrogens is 176 g/mol. The van der Waals surface area contributed by atoms with Gasteiger partial charge in [-0.05, 0) is 31.1 Å². The fourth-order valence-corrected chi connectivity index (χ4v) is 2.52. The molecule has 0 aromatic carbocycles. The van der Waals surface area contributed by atoms with Crippen molar-refractivity contribution in [1.29, 1.82) is 0 Å². The van der Waals surface area contributed by atoms with Crippen molar-refractivity contribution in [3.05, 3.63) is 0 Å². The van der Waals surface area contributed by atoms with Gasteiger partial charge in [0.15, 0.2) is 0 Å². The van der Waals surface area contributed by atoms with E-state index in [0.717, 1.165) is 19.5 Å². The minimum atomic E-state index is -0.215. The Balaban J connectivity index is 1.89. The number of carbonyl (C=O) groups excluding carboxylic acids is 1. The highest BCUT2D eigenvalue weighted by Crippen LogP contribution is 2.50. The topological polar surface area (TPSA) is 46.3 Å². The van der Waals surface area contributed by atoms with Gasteiger partial charge in [-0.25, -0.2) is 0 Å². The molecule has 0 aromatic rings. The predicted molar refractivity (Wildman–Crippen MR) is 55.7 cm³/mol. The van der Waals surface area contributed by atoms with Crippen LogP contribution in [0.5, 0.6) is 0 Å². The molecule has 1 unspecified atom stereocenters. The van der Waals surface area contributed by atoms with E-state index in [1.54, 1.807) is 0 Å². The normalized spacial score (nSPS) is 29.7. The quantitative estimate of drug-likeness (QED) is 0.732. The van der Waals surface area contributed by atoms with Gasteiger partial charge in [-0.2, -0.15) is 0 Å². The molecule has 1 amide bonds. The van der Waals surface area contributed by atoms with Crippen LogP contribution in [0.15, 0.2) is 0 Å². The number of hydrogen-bond acceptors (Lipinski definition) is 2. The second-order valence-electron chi connectivity index (χ2n) is 4.90. The van der Waals surface area contributed by atoms with Gasteiger partial charge in [-0.3, -0.25) is 4.79 Å². The molecule has 2 fully saturated rings. The SMILES string of the molecule is CCCC1(CN2CCC(N)C2=O)CC1. The summed E-state index contributed by atoms with van der Waals surface area (Å²) in [6.45, 7) is 4.07. The summed E-state index contributed by atoms with van der Waals surface area (Å²) in [5, 5.41) is 0. The van der Waals surface area contributed by atoms with Crippen molar-refractivity contribution in [3.63, 3.8) is 0 Å². The van der Waals surface area contributed by atoms with Crippen molar-refractivity contribution < 1.29 is 4.79 Å². The van der Waals surface area contributed by atoms with E-state index in [2.05, 4.69) is 6.92 Å². The Morgan fingerprint density at radius 3 is 2.71 bits per heavy atom. The average Bonchev–Trinajstić information content (AvgIpc) is 2.85. The maximum atomic E-state index is 11.6. The molecule has 2 N–H and O–H groups in total. The van der Waals surface area contributed by atoms with E-state index < -0.39 is 0 Å². The fourth-order valence-electron chi connectivity index (χ4n) is 2.52. The lowest BCUT2D eigenvalue weighted by Gasteiger charge is -2.23. The van der Waals surface area contributed by atoms with E-state index in [9.17, 15) is 4.79 Å². The van der Waals surface area contributed by atoms with Gasteiger partial charge < -0.3 is 10.6 Å². The van der Waals surface area contributed by atoms with Gasteiger partial charge >= 0.3 is 0 Å². The summed E-state index contributed by atoms with van der Waals surface area (Å²) >= 11 is 0. The summed E-state index contributed by atoms with van der Waals surface area (Å²) in [5.74, 6) is 0.173. The summed E-state index contributed by atoms with van der Waals surface area (Å²) in [5.41, 5.74) is 6.17. The molecule has 3 heteroatoms. The second-order valence-corrected chi connectivity index (χ2v) is 4.90. The number of nitrogens with two attached hydrogens (primary N) is 1. The van der Waals surface area contributed by atoms with Crippen molar-refractivity contribution in [2.24, 2.45) is 11.1 Å². The largest absolute Gasteiger partial charge is 0.341 e. The maximum absolute atomic E-state index is 11.6. The monoisotopic (exact) mass is 196 g/mol. The highest BCUT2D eigenvalue weighted by Gasteiger charge is 2.45. The van der Waals surface area contributed by atoms with Gasteiger partial charge in [0, 0.05) is 13.1 Å². The third kappa shape index (κ3) is 1.78. The van der Waals surface area contributed by atoms with Crippen LogP contribution in [0.1, 0.15) is 39.0 Å². The Morgan fingerprint density at radius 2 is 2.29 bits per heavy atom. The molecule has 1 saturated heterocycles. The first-order chi connectivity index (χ1) is 6.67. The molecule has 2 rings (SSSR count). The molecule has 1 atom stereocenters. The van der Waals surface area contributed by atoms with Crippen molar-refractivity contribution in [2.45, 2.75) is 45.1 Å². The minimum absolute atomic E-state index is 0.173. The van der Waals surface area contributed by atoms with Gasteiger partial charge in [-0.15, -0.1) is 0 Å². The Bertz CT molecular complexity index is 235. The highest BCUT2D eigenvalue weighted by atomic mass is 16.2. The lowest BCUT2D eigenvalue weighted by Crippen LogP contribution is -2.37. The number of rotatable bonds is 4. The smallest absolute Gasteiger partial charge is 0.239 e. The van der Waals surface area contributed by atoms with Crippen LogP contribution >= 0.6 is 0 Å². The molecule has 14 heavy (non-hydrogen) atoms. The van der Waals surface area contributed by atoms with Crippen LogP contribution in [0, 0.1) is 5.41 Å². The Hall–Kier alpha value is -0.570. The molecule has 0 radical (unpaired) electrons. The Labute approximate surface area is 85.6 Å². The zero-order chi connectivity index (χ0) is 10.2. The van der Waals surface area contributed by atoms with E-state index in [-0.39, 0.29) is 11.9 Å². The molecule has 1 aliphatic carbocycles. The molecule has 0 spiro atoms. The van der Waals surface area contributed by atoms with Crippen LogP contribution in [-0.2, 0) is 4.79 Å². The first-order valence-corrected chi connectivity index (χ1v) is 5.71. The van der Waals surface area contributed by atoms with Gasteiger partial charge in [0.05, 0.1) is 6.04 Å². The maximum Gasteiger partial charge on any atom is 0.239 e. The van der Waals surface area contributed by atoms with Crippen LogP contribution in [0.4, 0.5) is 0 Å². The van der Waals surface area contributed by atoms with Gasteiger partial charge in [0.25, 0.3) is 0 Å². The first kappa shape index (κ1) is 9.97. The van der Waals surface area contributed by atoms with E-state index in [1.807, 2.05) is 4.90 Å². The summed E-state index contributed by atoms with van der Waals surface area (Å²) in [6.07, 6.45) is 5.96. The van der Waals surface area contributed by atoms with Crippen molar-refractivity contribution >= 4 is 5.91 Å². The molecule has 1 saturated carbocycles. The third-order valence-corrected chi connectivity index (χ3v) is 3.60. The highest BCUT2D eigenvalue weighted by molar-refractivity contribution is 5.83. The van der Waals surface area contributed by atoms with Crippen LogP contribution in [0.2, 0.25) is 0 Å². The van der Waals surface area contributed by atoms with Gasteiger partial charge in [0.2, 0.25) is 5.91 Å². The first-order valence-electron chi connectivity index (χ1n) is 5.71. The summed E-state index contributed by atoms with van der Waals surface area (Å²) in [7, 11) is 0. The van der Waals surface area contributed by atoms with Crippen molar-refractivity contribution in [2.75, 3.05) is 13.1 Å². The summed E-state index contributed by atoms with van der Waals surface area (Å²) in [6, 6.07) is -0.215. The average molecular weight is 196 g/mol. The van der Waals surface area contributed by atoms with Gasteiger partial charge in [-0.1, -0.05) is 13.3 Å². The molecule has 0 bridgehead atoms. The van der Waals surface area contributed by atoms with E-state index in [1.165, 1.54) is 25.7 Å². The molecule has 80 valence electrons. The van der Waals surface area contributed by atoms with Crippen LogP contribution in [0.3, 0.4) is 0 Å². The summed E-state index contributed by atoms with van der Waals surface area (Å²) < 4.78 is 0. The zero-order valence-corrected chi connectivity index (χ0v) is 8.96. The lowest BCUT2D eigenvalue weighted by molar-refractivity contribution is -0.129. The van der Waals surface area contributed by atoms with Crippen molar-refractivity contribution in [1.82, 2.24) is 4.90 Å². The summed E-state index contributed by atoms with van der Waals surface area (Å²) in [4.78, 5) is 13.6. The molecule has 2 aliphatic rings. The van der Waals surface area contributed by atoms with Crippen LogP contribution in [-0.4, -0.2) is 29.9 Å². The van der Waals surface area contributed by atoms with E-state index in [4.69, 9.17) is 5.73 Å². The number of likely N-dealkylation sites (tertiary alicyclic amines) is 1. The number of nitrogens with zero attached hydrogens (tertiary/aromatic N) is 1. The molecule has 0 aromatic heterocycles. The Kier molecular flexibility index (Phi) is 2.52. The predicted octanol–water partition coefficient (Wildman–Crippen LogP) is 1.13. The van der Waals surface area contributed by atoms with Gasteiger partial charge in [0.1, 0.15) is 0 Å². The van der Waals surface area contributed by atoms with Crippen molar-refractivity contribution in [3.8, 4) is 0 Å². The Morgan fingerprint density at radius 1 is 1.57 bits per heavy atom. The number of hydrogen-bond donors (Lipinski definition) is 1. The zero-order valence-electron chi connectivity index (χ0n) is 8.96. The van der Waals surface area contributed by atoms with Crippen LogP contribution in [0.25, 0.3) is 0 Å². The minimum Gasteiger partial charge on any atom is -0.341 e. The van der Waals surface area contributed by atoms with E-state index >= 15 is 0 Å². The standard InChI is InChI=1S/C11H20N2O/c1-2-4-11(5-6-11)8-13-7-3-9(12)10(13)14/h9H,2-8,12H2,1H3.